The van der Waals surface area contributed by atoms with E-state index in [0.29, 0.717) is 0 Å². The fraction of sp³-hybridized carbons (Fsp3) is 0.154. The number of nitrogens with one attached hydrogen (secondary N) is 1. The Morgan fingerprint density at radius 2 is 2.11 bits per heavy atom. The first-order valence-electron chi connectivity index (χ1n) is 5.74. The van der Waals surface area contributed by atoms with Crippen molar-refractivity contribution in [3.05, 3.63) is 53.9 Å². The van der Waals surface area contributed by atoms with E-state index in [-0.39, 0.29) is 17.1 Å². The van der Waals surface area contributed by atoms with Crippen molar-refractivity contribution in [3.63, 3.8) is 0 Å². The minimum absolute atomic E-state index is 0.0991. The van der Waals surface area contributed by atoms with Crippen molar-refractivity contribution in [2.24, 2.45) is 0 Å². The maximum atomic E-state index is 12.1. The Hall–Kier alpha value is -1.92. The minimum atomic E-state index is -3.61. The number of rotatable bonds is 4. The van der Waals surface area contributed by atoms with Crippen LogP contribution in [0.5, 0.6) is 0 Å². The van der Waals surface area contributed by atoms with E-state index in [1.54, 1.807) is 36.7 Å². The van der Waals surface area contributed by atoms with Gasteiger partial charge in [-0.05, 0) is 36.2 Å². The Morgan fingerprint density at radius 1 is 1.32 bits per heavy atom. The Labute approximate surface area is 112 Å². The first-order valence-corrected chi connectivity index (χ1v) is 7.22. The summed E-state index contributed by atoms with van der Waals surface area (Å²) < 4.78 is 26.8. The van der Waals surface area contributed by atoms with Crippen molar-refractivity contribution >= 4 is 15.7 Å². The Morgan fingerprint density at radius 3 is 2.74 bits per heavy atom. The predicted octanol–water partition coefficient (Wildman–Crippen LogP) is 1.45. The molecule has 19 heavy (non-hydrogen) atoms. The molecular weight excluding hydrogens is 262 g/mol. The highest BCUT2D eigenvalue weighted by atomic mass is 32.2. The normalized spacial score (nSPS) is 11.4. The lowest BCUT2D eigenvalue weighted by atomic mass is 10.2. The van der Waals surface area contributed by atoms with E-state index in [4.69, 9.17) is 5.73 Å². The molecule has 2 rings (SSSR count). The summed E-state index contributed by atoms with van der Waals surface area (Å²) >= 11 is 0. The number of anilines is 1. The van der Waals surface area contributed by atoms with Gasteiger partial charge in [0.1, 0.15) is 4.90 Å². The van der Waals surface area contributed by atoms with Crippen LogP contribution < -0.4 is 10.5 Å². The molecular formula is C13H15N3O2S. The van der Waals surface area contributed by atoms with Crippen molar-refractivity contribution in [3.8, 4) is 0 Å². The van der Waals surface area contributed by atoms with Gasteiger partial charge in [0.05, 0.1) is 5.69 Å². The molecule has 0 fully saturated rings. The van der Waals surface area contributed by atoms with Crippen molar-refractivity contribution in [1.82, 2.24) is 9.71 Å². The van der Waals surface area contributed by atoms with E-state index >= 15 is 0 Å². The molecule has 100 valence electrons. The number of hydrogen-bond acceptors (Lipinski definition) is 4. The fourth-order valence-electron chi connectivity index (χ4n) is 1.67. The summed E-state index contributed by atoms with van der Waals surface area (Å²) in [6, 6.07) is 8.42. The minimum Gasteiger partial charge on any atom is -0.398 e. The van der Waals surface area contributed by atoms with Crippen LogP contribution in [-0.2, 0) is 16.6 Å². The molecule has 0 aliphatic heterocycles. The van der Waals surface area contributed by atoms with Crippen LogP contribution in [0.4, 0.5) is 5.69 Å². The van der Waals surface area contributed by atoms with E-state index < -0.39 is 10.0 Å². The number of nitrogens with zero attached hydrogens (tertiary/aromatic N) is 1. The molecule has 0 aliphatic rings. The monoisotopic (exact) mass is 277 g/mol. The third-order valence-electron chi connectivity index (χ3n) is 2.64. The maximum absolute atomic E-state index is 12.1. The lowest BCUT2D eigenvalue weighted by Crippen LogP contribution is -2.24. The predicted molar refractivity (Wildman–Crippen MR) is 73.9 cm³/mol. The summed E-state index contributed by atoms with van der Waals surface area (Å²) in [6.07, 6.45) is 3.25. The Kier molecular flexibility index (Phi) is 3.82. The SMILES string of the molecule is Cc1ccc(S(=O)(=O)NCc2cccnc2)c(N)c1. The first-order chi connectivity index (χ1) is 8.99. The molecule has 0 radical (unpaired) electrons. The lowest BCUT2D eigenvalue weighted by Gasteiger charge is -2.09. The van der Waals surface area contributed by atoms with Crippen LogP contribution in [0.25, 0.3) is 0 Å². The van der Waals surface area contributed by atoms with Crippen molar-refractivity contribution in [1.29, 1.82) is 0 Å². The number of sulfonamides is 1. The van der Waals surface area contributed by atoms with Gasteiger partial charge in [-0.3, -0.25) is 4.98 Å². The molecule has 2 aromatic rings. The smallest absolute Gasteiger partial charge is 0.242 e. The molecule has 0 bridgehead atoms. The van der Waals surface area contributed by atoms with Gasteiger partial charge >= 0.3 is 0 Å². The van der Waals surface area contributed by atoms with Crippen molar-refractivity contribution < 1.29 is 8.42 Å². The van der Waals surface area contributed by atoms with Crippen LogP contribution in [0.15, 0.2) is 47.6 Å². The largest absolute Gasteiger partial charge is 0.398 e. The summed E-state index contributed by atoms with van der Waals surface area (Å²) in [6.45, 7) is 2.04. The number of hydrogen-bond donors (Lipinski definition) is 2. The zero-order chi connectivity index (χ0) is 13.9. The van der Waals surface area contributed by atoms with Gasteiger partial charge in [-0.2, -0.15) is 0 Å². The number of pyridine rings is 1. The lowest BCUT2D eigenvalue weighted by molar-refractivity contribution is 0.581. The van der Waals surface area contributed by atoms with Gasteiger partial charge in [-0.25, -0.2) is 13.1 Å². The summed E-state index contributed by atoms with van der Waals surface area (Å²) in [5, 5.41) is 0. The van der Waals surface area contributed by atoms with E-state index in [1.807, 2.05) is 6.92 Å². The number of aromatic nitrogens is 1. The molecule has 0 spiro atoms. The number of nitrogens with two attached hydrogens (primary N) is 1. The van der Waals surface area contributed by atoms with Gasteiger partial charge in [0.15, 0.2) is 0 Å². The van der Waals surface area contributed by atoms with E-state index in [1.165, 1.54) is 6.07 Å². The molecule has 0 saturated heterocycles. The van der Waals surface area contributed by atoms with Gasteiger partial charge in [0, 0.05) is 18.9 Å². The van der Waals surface area contributed by atoms with Crippen LogP contribution in [0.3, 0.4) is 0 Å². The molecule has 6 heteroatoms. The third-order valence-corrected chi connectivity index (χ3v) is 4.12. The Bertz CT molecular complexity index is 670. The van der Waals surface area contributed by atoms with Crippen LogP contribution in [0, 0.1) is 6.92 Å². The fourth-order valence-corrected chi connectivity index (χ4v) is 2.80. The van der Waals surface area contributed by atoms with Crippen LogP contribution in [0.2, 0.25) is 0 Å². The van der Waals surface area contributed by atoms with Crippen LogP contribution in [-0.4, -0.2) is 13.4 Å². The summed E-state index contributed by atoms with van der Waals surface area (Å²) in [7, 11) is -3.61. The van der Waals surface area contributed by atoms with Gasteiger partial charge in [-0.15, -0.1) is 0 Å². The molecule has 0 atom stereocenters. The maximum Gasteiger partial charge on any atom is 0.242 e. The average molecular weight is 277 g/mol. The van der Waals surface area contributed by atoms with Gasteiger partial charge in [-0.1, -0.05) is 12.1 Å². The molecule has 0 amide bonds. The zero-order valence-corrected chi connectivity index (χ0v) is 11.3. The molecule has 0 aliphatic carbocycles. The molecule has 1 aromatic heterocycles. The molecule has 0 unspecified atom stereocenters. The summed E-state index contributed by atoms with van der Waals surface area (Å²) in [4.78, 5) is 4.03. The molecule has 0 saturated carbocycles. The second-order valence-electron chi connectivity index (χ2n) is 4.23. The quantitative estimate of drug-likeness (QED) is 0.828. The number of nitrogen functional groups attached to an aromatic ring is 1. The zero-order valence-electron chi connectivity index (χ0n) is 10.5. The standard InChI is InChI=1S/C13H15N3O2S/c1-10-4-5-13(12(14)7-10)19(17,18)16-9-11-3-2-6-15-8-11/h2-8,16H,9,14H2,1H3. The van der Waals surface area contributed by atoms with Crippen molar-refractivity contribution in [2.75, 3.05) is 5.73 Å². The van der Waals surface area contributed by atoms with Crippen LogP contribution in [0.1, 0.15) is 11.1 Å². The molecule has 1 heterocycles. The summed E-state index contributed by atoms with van der Waals surface area (Å²) in [5.41, 5.74) is 7.70. The van der Waals surface area contributed by atoms with E-state index in [0.717, 1.165) is 11.1 Å². The highest BCUT2D eigenvalue weighted by Crippen LogP contribution is 2.19. The summed E-state index contributed by atoms with van der Waals surface area (Å²) in [5.74, 6) is 0. The highest BCUT2D eigenvalue weighted by Gasteiger charge is 2.16. The topological polar surface area (TPSA) is 85.1 Å². The average Bonchev–Trinajstić information content (AvgIpc) is 2.37. The first kappa shape index (κ1) is 13.5. The van der Waals surface area contributed by atoms with Gasteiger partial charge < -0.3 is 5.73 Å². The highest BCUT2D eigenvalue weighted by molar-refractivity contribution is 7.89. The Balaban J connectivity index is 2.19. The third kappa shape index (κ3) is 3.30. The van der Waals surface area contributed by atoms with Gasteiger partial charge in [0.25, 0.3) is 0 Å². The molecule has 5 nitrogen and oxygen atoms in total. The molecule has 1 aromatic carbocycles. The number of aryl methyl sites for hydroxylation is 1. The second-order valence-corrected chi connectivity index (χ2v) is 5.96. The van der Waals surface area contributed by atoms with Crippen molar-refractivity contribution in [2.45, 2.75) is 18.4 Å². The van der Waals surface area contributed by atoms with Crippen LogP contribution >= 0.6 is 0 Å². The van der Waals surface area contributed by atoms with E-state index in [2.05, 4.69) is 9.71 Å². The second kappa shape index (κ2) is 5.38. The van der Waals surface area contributed by atoms with Gasteiger partial charge in [0.2, 0.25) is 10.0 Å². The van der Waals surface area contributed by atoms with E-state index in [9.17, 15) is 8.42 Å². The molecule has 3 N–H and O–H groups in total. The number of benzene rings is 1.